The molecule has 164 valence electrons. The molecule has 1 unspecified atom stereocenters. The van der Waals surface area contributed by atoms with Gasteiger partial charge in [-0.1, -0.05) is 45.2 Å². The van der Waals surface area contributed by atoms with Crippen LogP contribution in [-0.4, -0.2) is 69.3 Å². The molecule has 0 radical (unpaired) electrons. The van der Waals surface area contributed by atoms with Crippen molar-refractivity contribution in [3.63, 3.8) is 0 Å². The fourth-order valence-corrected chi connectivity index (χ4v) is 5.15. The molecule has 7 nitrogen and oxygen atoms in total. The summed E-state index contributed by atoms with van der Waals surface area (Å²) in [7, 11) is 1.69. The molecule has 30 heavy (non-hydrogen) atoms. The lowest BCUT2D eigenvalue weighted by Gasteiger charge is -2.43. The van der Waals surface area contributed by atoms with Crippen molar-refractivity contribution in [3.05, 3.63) is 35.7 Å². The van der Waals surface area contributed by atoms with E-state index in [4.69, 9.17) is 4.74 Å². The first kappa shape index (κ1) is 21.2. The van der Waals surface area contributed by atoms with Gasteiger partial charge >= 0.3 is 0 Å². The summed E-state index contributed by atoms with van der Waals surface area (Å²) in [5.41, 5.74) is 1.17. The van der Waals surface area contributed by atoms with Crippen LogP contribution in [-0.2, 0) is 6.54 Å². The van der Waals surface area contributed by atoms with E-state index in [1.54, 1.807) is 7.11 Å². The Labute approximate surface area is 180 Å². The third kappa shape index (κ3) is 4.83. The Morgan fingerprint density at radius 1 is 1.00 bits per heavy atom. The van der Waals surface area contributed by atoms with Gasteiger partial charge in [-0.25, -0.2) is 4.68 Å². The van der Waals surface area contributed by atoms with E-state index in [1.165, 1.54) is 37.7 Å². The monoisotopic (exact) mass is 412 g/mol. The van der Waals surface area contributed by atoms with E-state index in [0.717, 1.165) is 43.8 Å². The number of benzene rings is 1. The van der Waals surface area contributed by atoms with Crippen molar-refractivity contribution >= 4 is 0 Å². The number of hydrogen-bond acceptors (Lipinski definition) is 6. The van der Waals surface area contributed by atoms with Crippen molar-refractivity contribution in [2.24, 2.45) is 5.92 Å². The molecule has 2 aliphatic rings. The zero-order valence-electron chi connectivity index (χ0n) is 18.7. The van der Waals surface area contributed by atoms with Gasteiger partial charge in [0, 0.05) is 32.2 Å². The van der Waals surface area contributed by atoms with Crippen LogP contribution in [0.25, 0.3) is 0 Å². The highest BCUT2D eigenvalue weighted by Crippen LogP contribution is 2.30. The first-order valence-corrected chi connectivity index (χ1v) is 11.5. The van der Waals surface area contributed by atoms with Gasteiger partial charge in [0.1, 0.15) is 5.75 Å². The normalized spacial score (nSPS) is 20.5. The number of nitrogens with zero attached hydrogens (tertiary/aromatic N) is 6. The molecule has 0 spiro atoms. The molecule has 2 fully saturated rings. The van der Waals surface area contributed by atoms with Crippen molar-refractivity contribution in [1.82, 2.24) is 30.0 Å². The van der Waals surface area contributed by atoms with Gasteiger partial charge in [0.2, 0.25) is 0 Å². The number of methoxy groups -OCH3 is 1. The first-order valence-electron chi connectivity index (χ1n) is 11.5. The summed E-state index contributed by atoms with van der Waals surface area (Å²) in [4.78, 5) is 5.33. The van der Waals surface area contributed by atoms with Crippen LogP contribution in [0.2, 0.25) is 0 Å². The molecule has 1 atom stereocenters. The maximum atomic E-state index is 5.27. The molecule has 1 aliphatic heterocycles. The highest BCUT2D eigenvalue weighted by molar-refractivity contribution is 5.27. The van der Waals surface area contributed by atoms with E-state index in [2.05, 4.69) is 51.3 Å². The van der Waals surface area contributed by atoms with Crippen LogP contribution in [0.1, 0.15) is 63.4 Å². The Balaban J connectivity index is 1.44. The minimum Gasteiger partial charge on any atom is -0.497 e. The lowest BCUT2D eigenvalue weighted by Crippen LogP contribution is -2.52. The van der Waals surface area contributed by atoms with Crippen LogP contribution in [0, 0.1) is 5.92 Å². The summed E-state index contributed by atoms with van der Waals surface area (Å²) in [6, 6.07) is 9.19. The minimum absolute atomic E-state index is 0.242. The summed E-state index contributed by atoms with van der Waals surface area (Å²) in [6.45, 7) is 9.75. The first-order chi connectivity index (χ1) is 14.7. The largest absolute Gasteiger partial charge is 0.497 e. The summed E-state index contributed by atoms with van der Waals surface area (Å²) in [6.07, 6.45) is 6.99. The predicted octanol–water partition coefficient (Wildman–Crippen LogP) is 3.38. The maximum Gasteiger partial charge on any atom is 0.169 e. The molecule has 4 rings (SSSR count). The van der Waals surface area contributed by atoms with Crippen molar-refractivity contribution in [2.75, 3.05) is 33.3 Å². The Hall–Kier alpha value is -1.99. The lowest BCUT2D eigenvalue weighted by molar-refractivity contribution is 0.0394. The van der Waals surface area contributed by atoms with Gasteiger partial charge in [0.15, 0.2) is 5.82 Å². The summed E-state index contributed by atoms with van der Waals surface area (Å²) < 4.78 is 7.24. The van der Waals surface area contributed by atoms with Crippen LogP contribution in [0.15, 0.2) is 24.3 Å². The molecule has 1 saturated carbocycles. The van der Waals surface area contributed by atoms with E-state index < -0.39 is 0 Å². The molecule has 0 N–H and O–H groups in total. The number of ether oxygens (including phenoxy) is 1. The minimum atomic E-state index is 0.242. The van der Waals surface area contributed by atoms with Gasteiger partial charge in [-0.3, -0.25) is 9.80 Å². The SMILES string of the molecule is COc1ccc(Cn2nnnc2C(C(C)C)N2CCN(C3CCCCC3)CC2)cc1. The summed E-state index contributed by atoms with van der Waals surface area (Å²) in [5.74, 6) is 2.30. The van der Waals surface area contributed by atoms with E-state index in [0.29, 0.717) is 12.5 Å². The maximum absolute atomic E-state index is 5.27. The average molecular weight is 413 g/mol. The summed E-state index contributed by atoms with van der Waals surface area (Å²) >= 11 is 0. The predicted molar refractivity (Wildman–Crippen MR) is 118 cm³/mol. The highest BCUT2D eigenvalue weighted by atomic mass is 16.5. The third-order valence-corrected chi connectivity index (χ3v) is 6.78. The van der Waals surface area contributed by atoms with Crippen molar-refractivity contribution in [1.29, 1.82) is 0 Å². The highest BCUT2D eigenvalue weighted by Gasteiger charge is 2.33. The van der Waals surface area contributed by atoms with E-state index in [-0.39, 0.29) is 6.04 Å². The van der Waals surface area contributed by atoms with Gasteiger partial charge in [-0.15, -0.1) is 5.10 Å². The van der Waals surface area contributed by atoms with E-state index in [1.807, 2.05) is 16.8 Å². The molecule has 2 aromatic rings. The summed E-state index contributed by atoms with van der Waals surface area (Å²) in [5, 5.41) is 12.8. The molecule has 2 heterocycles. The van der Waals surface area contributed by atoms with Crippen LogP contribution in [0.4, 0.5) is 0 Å². The second-order valence-corrected chi connectivity index (χ2v) is 9.10. The Morgan fingerprint density at radius 3 is 2.33 bits per heavy atom. The molecular formula is C23H36N6O. The smallest absolute Gasteiger partial charge is 0.169 e. The molecule has 1 saturated heterocycles. The molecule has 7 heteroatoms. The number of rotatable bonds is 7. The fraction of sp³-hybridized carbons (Fsp3) is 0.696. The molecule has 1 aliphatic carbocycles. The van der Waals surface area contributed by atoms with Crippen LogP contribution in [0.3, 0.4) is 0 Å². The zero-order valence-corrected chi connectivity index (χ0v) is 18.7. The van der Waals surface area contributed by atoms with Gasteiger partial charge in [0.25, 0.3) is 0 Å². The fourth-order valence-electron chi connectivity index (χ4n) is 5.15. The molecule has 1 aromatic heterocycles. The Morgan fingerprint density at radius 2 is 1.70 bits per heavy atom. The van der Waals surface area contributed by atoms with Gasteiger partial charge in [0.05, 0.1) is 19.7 Å². The second kappa shape index (κ2) is 9.88. The molecule has 0 bridgehead atoms. The molecule has 1 aromatic carbocycles. The standard InChI is InChI=1S/C23H36N6O/c1-18(2)22(28-15-13-27(14-16-28)20-7-5-4-6-8-20)23-24-25-26-29(23)17-19-9-11-21(30-3)12-10-19/h9-12,18,20,22H,4-8,13-17H2,1-3H3. The Bertz CT molecular complexity index is 775. The van der Waals surface area contributed by atoms with Crippen molar-refractivity contribution in [2.45, 2.75) is 64.6 Å². The Kier molecular flexibility index (Phi) is 7.00. The number of aromatic nitrogens is 4. The second-order valence-electron chi connectivity index (χ2n) is 9.10. The zero-order chi connectivity index (χ0) is 20.9. The van der Waals surface area contributed by atoms with Crippen LogP contribution >= 0.6 is 0 Å². The van der Waals surface area contributed by atoms with Crippen LogP contribution in [0.5, 0.6) is 5.75 Å². The quantitative estimate of drug-likeness (QED) is 0.695. The van der Waals surface area contributed by atoms with Gasteiger partial charge in [-0.05, 0) is 46.9 Å². The number of piperazine rings is 1. The van der Waals surface area contributed by atoms with Crippen LogP contribution < -0.4 is 4.74 Å². The average Bonchev–Trinajstić information content (AvgIpc) is 3.23. The van der Waals surface area contributed by atoms with Crippen molar-refractivity contribution in [3.8, 4) is 5.75 Å². The van der Waals surface area contributed by atoms with Gasteiger partial charge in [-0.2, -0.15) is 0 Å². The van der Waals surface area contributed by atoms with E-state index >= 15 is 0 Å². The number of tetrazole rings is 1. The molecule has 0 amide bonds. The lowest BCUT2D eigenvalue weighted by atomic mass is 9.93. The molecular weight excluding hydrogens is 376 g/mol. The van der Waals surface area contributed by atoms with Crippen molar-refractivity contribution < 1.29 is 4.74 Å². The van der Waals surface area contributed by atoms with Gasteiger partial charge < -0.3 is 4.74 Å². The third-order valence-electron chi connectivity index (χ3n) is 6.78. The number of hydrogen-bond donors (Lipinski definition) is 0. The van der Waals surface area contributed by atoms with E-state index in [9.17, 15) is 0 Å². The topological polar surface area (TPSA) is 59.3 Å².